The van der Waals surface area contributed by atoms with Gasteiger partial charge in [-0.3, -0.25) is 0 Å². The summed E-state index contributed by atoms with van der Waals surface area (Å²) >= 11 is 1.71. The van der Waals surface area contributed by atoms with Gasteiger partial charge in [-0.2, -0.15) is 0 Å². The Kier molecular flexibility index (Phi) is 2.74. The summed E-state index contributed by atoms with van der Waals surface area (Å²) in [6.45, 7) is 2.77. The number of likely N-dealkylation sites (N-methyl/N-ethyl adjacent to an activating group) is 1. The van der Waals surface area contributed by atoms with Gasteiger partial charge in [-0.15, -0.1) is 11.3 Å². The van der Waals surface area contributed by atoms with Crippen molar-refractivity contribution in [2.75, 3.05) is 18.5 Å². The van der Waals surface area contributed by atoms with Crippen LogP contribution < -0.4 is 10.6 Å². The number of nitrogens with two attached hydrogens (primary N) is 1. The Hall–Kier alpha value is -0.610. The lowest BCUT2D eigenvalue weighted by atomic mass is 10.2. The van der Waals surface area contributed by atoms with Crippen LogP contribution in [0.1, 0.15) is 18.5 Å². The lowest BCUT2D eigenvalue weighted by Crippen LogP contribution is -2.39. The fraction of sp³-hybridized carbons (Fsp3) is 0.700. The number of nitrogens with zero attached hydrogens (tertiary/aromatic N) is 2. The molecule has 1 aliphatic rings. The average molecular weight is 211 g/mol. The van der Waals surface area contributed by atoms with Crippen LogP contribution in [-0.2, 0) is 0 Å². The molecule has 1 unspecified atom stereocenters. The highest BCUT2D eigenvalue weighted by atomic mass is 32.1. The highest BCUT2D eigenvalue weighted by Gasteiger charge is 2.33. The first kappa shape index (κ1) is 9.93. The van der Waals surface area contributed by atoms with Crippen LogP contribution in [-0.4, -0.2) is 24.6 Å². The van der Waals surface area contributed by atoms with Crippen molar-refractivity contribution in [3.8, 4) is 0 Å². The fourth-order valence-corrected chi connectivity index (χ4v) is 2.62. The van der Waals surface area contributed by atoms with Crippen molar-refractivity contribution in [3.05, 3.63) is 11.1 Å². The first-order valence-electron chi connectivity index (χ1n) is 5.07. The molecule has 0 aliphatic heterocycles. The van der Waals surface area contributed by atoms with Crippen LogP contribution in [0.5, 0.6) is 0 Å². The summed E-state index contributed by atoms with van der Waals surface area (Å²) in [5.74, 6) is 0.800. The number of thiazole rings is 1. The molecule has 0 saturated heterocycles. The molecule has 0 spiro atoms. The van der Waals surface area contributed by atoms with Gasteiger partial charge in [0.2, 0.25) is 0 Å². The third kappa shape index (κ3) is 1.91. The summed E-state index contributed by atoms with van der Waals surface area (Å²) in [6, 6.07) is 0.487. The van der Waals surface area contributed by atoms with E-state index in [-0.39, 0.29) is 0 Å². The zero-order valence-electron chi connectivity index (χ0n) is 8.73. The quantitative estimate of drug-likeness (QED) is 0.823. The van der Waals surface area contributed by atoms with E-state index < -0.39 is 0 Å². The Labute approximate surface area is 88.9 Å². The second-order valence-electron chi connectivity index (χ2n) is 4.02. The van der Waals surface area contributed by atoms with E-state index in [1.54, 1.807) is 11.3 Å². The lowest BCUT2D eigenvalue weighted by Gasteiger charge is -2.26. The van der Waals surface area contributed by atoms with Gasteiger partial charge in [-0.25, -0.2) is 4.98 Å². The molecule has 2 rings (SSSR count). The first-order valence-corrected chi connectivity index (χ1v) is 5.95. The van der Waals surface area contributed by atoms with Crippen molar-refractivity contribution in [2.45, 2.75) is 25.8 Å². The third-order valence-corrected chi connectivity index (χ3v) is 3.86. The molecule has 1 fully saturated rings. The van der Waals surface area contributed by atoms with Crippen molar-refractivity contribution in [1.29, 1.82) is 0 Å². The Morgan fingerprint density at radius 3 is 2.86 bits per heavy atom. The van der Waals surface area contributed by atoms with Crippen molar-refractivity contribution < 1.29 is 0 Å². The summed E-state index contributed by atoms with van der Waals surface area (Å²) in [4.78, 5) is 6.72. The van der Waals surface area contributed by atoms with Gasteiger partial charge in [0.15, 0.2) is 5.13 Å². The standard InChI is InChI=1S/C10H17N3S/c1-7-6-14-10(12-7)13(2)9(5-11)8-3-4-8/h6,8-9H,3-5,11H2,1-2H3. The smallest absolute Gasteiger partial charge is 0.185 e. The number of rotatable bonds is 4. The predicted octanol–water partition coefficient (Wildman–Crippen LogP) is 1.63. The maximum Gasteiger partial charge on any atom is 0.185 e. The van der Waals surface area contributed by atoms with Gasteiger partial charge in [0, 0.05) is 25.0 Å². The van der Waals surface area contributed by atoms with Gasteiger partial charge in [-0.05, 0) is 25.7 Å². The monoisotopic (exact) mass is 211 g/mol. The second kappa shape index (κ2) is 3.87. The largest absolute Gasteiger partial charge is 0.347 e. The normalized spacial score (nSPS) is 18.2. The van der Waals surface area contributed by atoms with E-state index in [2.05, 4.69) is 22.3 Å². The molecule has 1 aromatic rings. The maximum atomic E-state index is 5.79. The summed E-state index contributed by atoms with van der Waals surface area (Å²) in [5, 5.41) is 3.19. The van der Waals surface area contributed by atoms with Crippen molar-refractivity contribution in [2.24, 2.45) is 11.7 Å². The van der Waals surface area contributed by atoms with Crippen LogP contribution in [0.25, 0.3) is 0 Å². The third-order valence-electron chi connectivity index (χ3n) is 2.81. The van der Waals surface area contributed by atoms with Crippen LogP contribution in [0.4, 0.5) is 5.13 Å². The fourth-order valence-electron chi connectivity index (χ4n) is 1.79. The van der Waals surface area contributed by atoms with Gasteiger partial charge in [0.25, 0.3) is 0 Å². The molecular formula is C10H17N3S. The molecule has 2 N–H and O–H groups in total. The number of hydrogen-bond acceptors (Lipinski definition) is 4. The minimum absolute atomic E-state index is 0.487. The van der Waals surface area contributed by atoms with Crippen LogP contribution in [0.15, 0.2) is 5.38 Å². The van der Waals surface area contributed by atoms with E-state index in [1.165, 1.54) is 12.8 Å². The maximum absolute atomic E-state index is 5.79. The van der Waals surface area contributed by atoms with Crippen LogP contribution >= 0.6 is 11.3 Å². The Bertz CT molecular complexity index is 306. The highest BCUT2D eigenvalue weighted by molar-refractivity contribution is 7.13. The molecule has 1 atom stereocenters. The zero-order chi connectivity index (χ0) is 10.1. The molecule has 3 nitrogen and oxygen atoms in total. The number of aromatic nitrogens is 1. The molecular weight excluding hydrogens is 194 g/mol. The molecule has 0 bridgehead atoms. The molecule has 4 heteroatoms. The Morgan fingerprint density at radius 2 is 2.43 bits per heavy atom. The van der Waals surface area contributed by atoms with Crippen LogP contribution in [0.3, 0.4) is 0 Å². The van der Waals surface area contributed by atoms with Gasteiger partial charge in [0.1, 0.15) is 0 Å². The number of hydrogen-bond donors (Lipinski definition) is 1. The summed E-state index contributed by atoms with van der Waals surface area (Å²) in [6.07, 6.45) is 2.66. The highest BCUT2D eigenvalue weighted by Crippen LogP contribution is 2.36. The van der Waals surface area contributed by atoms with Gasteiger partial charge in [-0.1, -0.05) is 0 Å². The van der Waals surface area contributed by atoms with E-state index in [0.717, 1.165) is 23.3 Å². The number of anilines is 1. The SMILES string of the molecule is Cc1csc(N(C)C(CN)C2CC2)n1. The molecule has 1 saturated carbocycles. The van der Waals surface area contributed by atoms with E-state index in [0.29, 0.717) is 6.04 Å². The number of aryl methyl sites for hydroxylation is 1. The minimum atomic E-state index is 0.487. The van der Waals surface area contributed by atoms with Crippen molar-refractivity contribution >= 4 is 16.5 Å². The average Bonchev–Trinajstić information content (AvgIpc) is 2.90. The molecule has 14 heavy (non-hydrogen) atoms. The Balaban J connectivity index is 2.08. The zero-order valence-corrected chi connectivity index (χ0v) is 9.55. The van der Waals surface area contributed by atoms with Gasteiger partial charge < -0.3 is 10.6 Å². The van der Waals surface area contributed by atoms with E-state index >= 15 is 0 Å². The summed E-state index contributed by atoms with van der Waals surface area (Å²) < 4.78 is 0. The van der Waals surface area contributed by atoms with Crippen molar-refractivity contribution in [3.63, 3.8) is 0 Å². The van der Waals surface area contributed by atoms with Crippen molar-refractivity contribution in [1.82, 2.24) is 4.98 Å². The molecule has 1 heterocycles. The second-order valence-corrected chi connectivity index (χ2v) is 4.86. The molecule has 1 aromatic heterocycles. The first-order chi connectivity index (χ1) is 6.72. The van der Waals surface area contributed by atoms with Crippen LogP contribution in [0, 0.1) is 12.8 Å². The molecule has 1 aliphatic carbocycles. The van der Waals surface area contributed by atoms with Crippen LogP contribution in [0.2, 0.25) is 0 Å². The van der Waals surface area contributed by atoms with E-state index in [9.17, 15) is 0 Å². The van der Waals surface area contributed by atoms with E-state index in [1.807, 2.05) is 6.92 Å². The minimum Gasteiger partial charge on any atom is -0.347 e. The van der Waals surface area contributed by atoms with Gasteiger partial charge in [0.05, 0.1) is 5.69 Å². The molecule has 0 aromatic carbocycles. The summed E-state index contributed by atoms with van der Waals surface area (Å²) in [5.41, 5.74) is 6.89. The molecule has 78 valence electrons. The summed E-state index contributed by atoms with van der Waals surface area (Å²) in [7, 11) is 2.11. The predicted molar refractivity (Wildman–Crippen MR) is 60.8 cm³/mol. The van der Waals surface area contributed by atoms with E-state index in [4.69, 9.17) is 5.73 Å². The topological polar surface area (TPSA) is 42.1 Å². The Morgan fingerprint density at radius 1 is 1.71 bits per heavy atom. The van der Waals surface area contributed by atoms with Gasteiger partial charge >= 0.3 is 0 Å². The molecule has 0 radical (unpaired) electrons. The molecule has 0 amide bonds. The lowest BCUT2D eigenvalue weighted by molar-refractivity contribution is 0.569.